The number of hydrogen-bond acceptors (Lipinski definition) is 2. The van der Waals surface area contributed by atoms with Gasteiger partial charge in [-0.15, -0.1) is 0 Å². The summed E-state index contributed by atoms with van der Waals surface area (Å²) >= 11 is 0. The molecule has 0 unspecified atom stereocenters. The van der Waals surface area contributed by atoms with E-state index >= 15 is 0 Å². The number of benzene rings is 1. The van der Waals surface area contributed by atoms with Gasteiger partial charge >= 0.3 is 0 Å². The van der Waals surface area contributed by atoms with E-state index in [1.165, 1.54) is 38.5 Å². The predicted molar refractivity (Wildman–Crippen MR) is 104 cm³/mol. The fraction of sp³-hybridized carbons (Fsp3) is 0.600. The normalized spacial score (nSPS) is 16.5. The number of nitrogens with one attached hydrogen (secondary N) is 2. The van der Waals surface area contributed by atoms with Gasteiger partial charge < -0.3 is 16.4 Å². The highest BCUT2D eigenvalue weighted by Crippen LogP contribution is 2.17. The van der Waals surface area contributed by atoms with E-state index in [-0.39, 0.29) is 5.91 Å². The lowest BCUT2D eigenvalue weighted by Gasteiger charge is -2.16. The van der Waals surface area contributed by atoms with Crippen LogP contribution in [0.1, 0.15) is 64.4 Å². The molecule has 0 atom stereocenters. The molecule has 5 heteroatoms. The molecule has 0 aromatic heterocycles. The second-order valence-corrected chi connectivity index (χ2v) is 7.38. The second kappa shape index (κ2) is 10.1. The van der Waals surface area contributed by atoms with Crippen LogP contribution in [0.15, 0.2) is 29.3 Å². The van der Waals surface area contributed by atoms with Crippen LogP contribution in [0.5, 0.6) is 0 Å². The number of carbonyl (C=O) groups is 1. The molecule has 138 valence electrons. The molecule has 1 aliphatic rings. The molecule has 1 aliphatic carbocycles. The van der Waals surface area contributed by atoms with Crippen molar-refractivity contribution in [3.63, 3.8) is 0 Å². The lowest BCUT2D eigenvalue weighted by atomic mass is 10.1. The van der Waals surface area contributed by atoms with Gasteiger partial charge in [0.05, 0.1) is 6.54 Å². The Balaban J connectivity index is 1.86. The number of aliphatic imine (C=N–C) groups is 1. The van der Waals surface area contributed by atoms with Crippen molar-refractivity contribution >= 4 is 17.6 Å². The summed E-state index contributed by atoms with van der Waals surface area (Å²) in [7, 11) is 0. The topological polar surface area (TPSA) is 79.5 Å². The van der Waals surface area contributed by atoms with Crippen LogP contribution < -0.4 is 16.4 Å². The van der Waals surface area contributed by atoms with Crippen LogP contribution in [-0.4, -0.2) is 17.9 Å². The molecule has 5 nitrogen and oxygen atoms in total. The van der Waals surface area contributed by atoms with Crippen molar-refractivity contribution in [1.29, 1.82) is 0 Å². The summed E-state index contributed by atoms with van der Waals surface area (Å²) in [5.41, 5.74) is 7.89. The molecule has 1 amide bonds. The first-order valence-corrected chi connectivity index (χ1v) is 9.48. The summed E-state index contributed by atoms with van der Waals surface area (Å²) < 4.78 is 0. The van der Waals surface area contributed by atoms with Crippen LogP contribution in [0.3, 0.4) is 0 Å². The third-order valence-electron chi connectivity index (χ3n) is 4.44. The lowest BCUT2D eigenvalue weighted by molar-refractivity contribution is -0.116. The van der Waals surface area contributed by atoms with Gasteiger partial charge in [0.15, 0.2) is 5.96 Å². The molecule has 0 radical (unpaired) electrons. The summed E-state index contributed by atoms with van der Waals surface area (Å²) in [5.74, 6) is 0.911. The highest BCUT2D eigenvalue weighted by molar-refractivity contribution is 5.90. The number of nitrogens with two attached hydrogens (primary N) is 1. The maximum absolute atomic E-state index is 11.9. The van der Waals surface area contributed by atoms with Crippen LogP contribution in [0, 0.1) is 5.92 Å². The highest BCUT2D eigenvalue weighted by atomic mass is 16.1. The molecule has 4 N–H and O–H groups in total. The van der Waals surface area contributed by atoms with Gasteiger partial charge in [-0.2, -0.15) is 0 Å². The molecule has 1 aromatic carbocycles. The molecule has 0 aliphatic heterocycles. The minimum atomic E-state index is 0.0465. The van der Waals surface area contributed by atoms with E-state index in [1.807, 2.05) is 38.1 Å². The first-order valence-electron chi connectivity index (χ1n) is 9.48. The quantitative estimate of drug-likeness (QED) is 0.417. The molecule has 1 saturated carbocycles. The molecule has 0 bridgehead atoms. The van der Waals surface area contributed by atoms with Gasteiger partial charge in [-0.3, -0.25) is 4.79 Å². The molecule has 1 fully saturated rings. The van der Waals surface area contributed by atoms with Crippen molar-refractivity contribution in [1.82, 2.24) is 5.32 Å². The van der Waals surface area contributed by atoms with Gasteiger partial charge in [0.1, 0.15) is 0 Å². The van der Waals surface area contributed by atoms with E-state index in [2.05, 4.69) is 15.6 Å². The van der Waals surface area contributed by atoms with Crippen LogP contribution >= 0.6 is 0 Å². The summed E-state index contributed by atoms with van der Waals surface area (Å²) in [6, 6.07) is 8.25. The largest absolute Gasteiger partial charge is 0.370 e. The monoisotopic (exact) mass is 344 g/mol. The van der Waals surface area contributed by atoms with Crippen LogP contribution in [0.2, 0.25) is 0 Å². The Morgan fingerprint density at radius 3 is 2.64 bits per heavy atom. The number of anilines is 1. The summed E-state index contributed by atoms with van der Waals surface area (Å²) in [6.45, 7) is 4.59. The van der Waals surface area contributed by atoms with Gasteiger partial charge in [0.25, 0.3) is 0 Å². The SMILES string of the molecule is CC(C)CC(=O)Nc1cccc(CN=C(N)NC2CCCCCC2)c1. The van der Waals surface area contributed by atoms with Crippen molar-refractivity contribution in [2.45, 2.75) is 71.4 Å². The standard InChI is InChI=1S/C20H32N4O/c1-15(2)12-19(25)23-18-11-7-8-16(13-18)14-22-20(21)24-17-9-5-3-4-6-10-17/h7-8,11,13,15,17H,3-6,9-10,12,14H2,1-2H3,(H,23,25)(H3,21,22,24). The average Bonchev–Trinajstić information content (AvgIpc) is 2.81. The zero-order chi connectivity index (χ0) is 18.1. The van der Waals surface area contributed by atoms with Gasteiger partial charge in [-0.05, 0) is 36.5 Å². The Hall–Kier alpha value is -2.04. The van der Waals surface area contributed by atoms with E-state index in [4.69, 9.17) is 5.73 Å². The highest BCUT2D eigenvalue weighted by Gasteiger charge is 2.12. The molecule has 0 heterocycles. The van der Waals surface area contributed by atoms with Crippen molar-refractivity contribution in [2.24, 2.45) is 16.6 Å². The Morgan fingerprint density at radius 2 is 1.96 bits per heavy atom. The first-order chi connectivity index (χ1) is 12.0. The molecule has 25 heavy (non-hydrogen) atoms. The lowest BCUT2D eigenvalue weighted by Crippen LogP contribution is -2.39. The number of carbonyl (C=O) groups excluding carboxylic acids is 1. The molecule has 1 aromatic rings. The smallest absolute Gasteiger partial charge is 0.224 e. The zero-order valence-electron chi connectivity index (χ0n) is 15.6. The van der Waals surface area contributed by atoms with Gasteiger partial charge in [-0.25, -0.2) is 4.99 Å². The minimum absolute atomic E-state index is 0.0465. The van der Waals surface area contributed by atoms with Crippen molar-refractivity contribution in [3.05, 3.63) is 29.8 Å². The van der Waals surface area contributed by atoms with E-state index in [9.17, 15) is 4.79 Å². The van der Waals surface area contributed by atoms with E-state index in [0.29, 0.717) is 30.9 Å². The van der Waals surface area contributed by atoms with Crippen molar-refractivity contribution in [3.8, 4) is 0 Å². The third-order valence-corrected chi connectivity index (χ3v) is 4.44. The molecular formula is C20H32N4O. The molecule has 0 spiro atoms. The zero-order valence-corrected chi connectivity index (χ0v) is 15.6. The van der Waals surface area contributed by atoms with Crippen molar-refractivity contribution in [2.75, 3.05) is 5.32 Å². The Morgan fingerprint density at radius 1 is 1.24 bits per heavy atom. The van der Waals surface area contributed by atoms with E-state index in [1.54, 1.807) is 0 Å². The maximum Gasteiger partial charge on any atom is 0.224 e. The molecule has 0 saturated heterocycles. The summed E-state index contributed by atoms with van der Waals surface area (Å²) in [6.07, 6.45) is 8.06. The number of guanidine groups is 1. The number of hydrogen-bond donors (Lipinski definition) is 3. The molecular weight excluding hydrogens is 312 g/mol. The predicted octanol–water partition coefficient (Wildman–Crippen LogP) is 3.80. The summed E-state index contributed by atoms with van der Waals surface area (Å²) in [5, 5.41) is 6.30. The van der Waals surface area contributed by atoms with E-state index < -0.39 is 0 Å². The Kier molecular flexibility index (Phi) is 7.76. The minimum Gasteiger partial charge on any atom is -0.370 e. The summed E-state index contributed by atoms with van der Waals surface area (Å²) in [4.78, 5) is 16.3. The Labute approximate surface area is 151 Å². The fourth-order valence-corrected chi connectivity index (χ4v) is 3.19. The number of amides is 1. The maximum atomic E-state index is 11.9. The van der Waals surface area contributed by atoms with E-state index in [0.717, 1.165) is 11.3 Å². The van der Waals surface area contributed by atoms with Crippen molar-refractivity contribution < 1.29 is 4.79 Å². The first kappa shape index (κ1) is 19.3. The molecule has 2 rings (SSSR count). The second-order valence-electron chi connectivity index (χ2n) is 7.38. The fourth-order valence-electron chi connectivity index (χ4n) is 3.19. The average molecular weight is 345 g/mol. The number of nitrogens with zero attached hydrogens (tertiary/aromatic N) is 1. The van der Waals surface area contributed by atoms with Gasteiger partial charge in [0.2, 0.25) is 5.91 Å². The third kappa shape index (κ3) is 7.59. The van der Waals surface area contributed by atoms with Gasteiger partial charge in [0, 0.05) is 18.2 Å². The van der Waals surface area contributed by atoms with Gasteiger partial charge in [-0.1, -0.05) is 51.7 Å². The van der Waals surface area contributed by atoms with Crippen LogP contribution in [-0.2, 0) is 11.3 Å². The van der Waals surface area contributed by atoms with Crippen LogP contribution in [0.25, 0.3) is 0 Å². The number of rotatable bonds is 6. The Bertz CT molecular complexity index is 575. The van der Waals surface area contributed by atoms with Crippen LogP contribution in [0.4, 0.5) is 5.69 Å².